The second kappa shape index (κ2) is 12.2. The van der Waals surface area contributed by atoms with E-state index in [0.717, 1.165) is 42.5 Å². The summed E-state index contributed by atoms with van der Waals surface area (Å²) in [5.74, 6) is -2.57. The van der Waals surface area contributed by atoms with Gasteiger partial charge < -0.3 is 28.4 Å². The third-order valence-corrected chi connectivity index (χ3v) is 6.54. The highest BCUT2D eigenvalue weighted by molar-refractivity contribution is 7.10. The second-order valence-electron chi connectivity index (χ2n) is 8.52. The number of aromatic amines is 1. The minimum Gasteiger partial charge on any atom is -0.463 e. The van der Waals surface area contributed by atoms with Crippen molar-refractivity contribution in [1.82, 2.24) is 10.2 Å². The number of H-pyrrole nitrogens is 1. The van der Waals surface area contributed by atoms with Gasteiger partial charge in [0.05, 0.1) is 0 Å². The lowest BCUT2D eigenvalue weighted by atomic mass is 9.98. The molecule has 12 nitrogen and oxygen atoms in total. The molecule has 37 heavy (non-hydrogen) atoms. The fraction of sp³-hybridized carbons (Fsp3) is 0.542. The molecule has 1 fully saturated rings. The van der Waals surface area contributed by atoms with E-state index in [1.54, 1.807) is 11.3 Å². The molecule has 1 aliphatic rings. The average Bonchev–Trinajstić information content (AvgIpc) is 3.35. The van der Waals surface area contributed by atoms with Gasteiger partial charge in [0.15, 0.2) is 12.2 Å². The van der Waals surface area contributed by atoms with E-state index in [9.17, 15) is 19.2 Å². The topological polar surface area (TPSA) is 152 Å². The van der Waals surface area contributed by atoms with Crippen LogP contribution in [0.3, 0.4) is 0 Å². The smallest absolute Gasteiger partial charge is 0.303 e. The third kappa shape index (κ3) is 7.29. The molecule has 13 heteroatoms. The minimum atomic E-state index is -1.36. The Bertz CT molecular complexity index is 1140. The van der Waals surface area contributed by atoms with Crippen molar-refractivity contribution in [3.8, 4) is 5.88 Å². The van der Waals surface area contributed by atoms with Crippen molar-refractivity contribution in [2.24, 2.45) is 0 Å². The van der Waals surface area contributed by atoms with E-state index in [-0.39, 0.29) is 12.5 Å². The van der Waals surface area contributed by atoms with Gasteiger partial charge in [-0.2, -0.15) is 0 Å². The molecular formula is C24H30N2O10S. The molecule has 0 bridgehead atoms. The van der Waals surface area contributed by atoms with E-state index >= 15 is 0 Å². The molecule has 0 aromatic carbocycles. The molecular weight excluding hydrogens is 508 g/mol. The number of rotatable bonds is 9. The molecule has 2 aromatic rings. The van der Waals surface area contributed by atoms with Crippen molar-refractivity contribution < 1.29 is 47.6 Å². The van der Waals surface area contributed by atoms with Crippen LogP contribution in [0.1, 0.15) is 49.4 Å². The Morgan fingerprint density at radius 2 is 1.57 bits per heavy atom. The maximum Gasteiger partial charge on any atom is 0.303 e. The maximum absolute atomic E-state index is 12.0. The van der Waals surface area contributed by atoms with Gasteiger partial charge in [0.25, 0.3) is 0 Å². The molecule has 0 amide bonds. The van der Waals surface area contributed by atoms with Crippen LogP contribution < -0.4 is 4.74 Å². The molecule has 5 atom stereocenters. The number of hydrogen-bond donors (Lipinski definition) is 1. The van der Waals surface area contributed by atoms with Gasteiger partial charge in [0.2, 0.25) is 18.3 Å². The van der Waals surface area contributed by atoms with Crippen molar-refractivity contribution in [3.05, 3.63) is 33.1 Å². The van der Waals surface area contributed by atoms with Crippen LogP contribution >= 0.6 is 11.3 Å². The molecule has 3 heterocycles. The van der Waals surface area contributed by atoms with Crippen LogP contribution in [0, 0.1) is 13.8 Å². The number of aryl methyl sites for hydroxylation is 2. The number of nitrogens with one attached hydrogen (secondary N) is 1. The second-order valence-corrected chi connectivity index (χ2v) is 9.52. The zero-order chi connectivity index (χ0) is 27.3. The molecule has 0 unspecified atom stereocenters. The lowest BCUT2D eigenvalue weighted by molar-refractivity contribution is -0.289. The highest BCUT2D eigenvalue weighted by Crippen LogP contribution is 2.33. The summed E-state index contributed by atoms with van der Waals surface area (Å²) in [6.45, 7) is 8.17. The van der Waals surface area contributed by atoms with Crippen LogP contribution in [0.5, 0.6) is 5.88 Å². The summed E-state index contributed by atoms with van der Waals surface area (Å²) in [6, 6.07) is 2.01. The van der Waals surface area contributed by atoms with E-state index in [2.05, 4.69) is 10.2 Å². The Labute approximate surface area is 217 Å². The molecule has 0 spiro atoms. The first-order valence-corrected chi connectivity index (χ1v) is 12.4. The number of nitrogens with zero attached hydrogens (tertiary/aromatic N) is 1. The normalized spacial score (nSPS) is 23.1. The first-order valence-electron chi connectivity index (χ1n) is 11.5. The van der Waals surface area contributed by atoms with Crippen molar-refractivity contribution in [3.63, 3.8) is 0 Å². The molecule has 1 aliphatic heterocycles. The molecule has 2 aromatic heterocycles. The van der Waals surface area contributed by atoms with E-state index in [1.165, 1.54) is 6.92 Å². The summed E-state index contributed by atoms with van der Waals surface area (Å²) in [6.07, 6.45) is -5.88. The number of carbonyl (C=O) groups is 4. The van der Waals surface area contributed by atoms with Crippen molar-refractivity contribution in [2.45, 2.75) is 78.7 Å². The number of hydrogen-bond acceptors (Lipinski definition) is 12. The predicted molar refractivity (Wildman–Crippen MR) is 128 cm³/mol. The van der Waals surface area contributed by atoms with E-state index in [1.807, 2.05) is 25.3 Å². The summed E-state index contributed by atoms with van der Waals surface area (Å²) < 4.78 is 33.5. The standard InChI is InChI=1S/C24H30N2O10S/c1-11-7-8-37-19(11)9-17-12(2)25-26-23(17)36-24-22(34-16(6)30)21(33-15(5)29)20(32-14(4)28)18(35-24)10-31-13(3)27/h7-8,18,20-22,24H,9-10H2,1-6H3,(H,25,26)/t18-,20-,21+,22-,24+/m1/s1. The Hall–Kier alpha value is -3.45. The SMILES string of the molecule is CC(=O)OC[C@H]1O[C@@H](Oc2n[nH]c(C)c2Cc2sccc2C)[C@H](OC(C)=O)[C@@H](OC(C)=O)[C@@H]1OC(C)=O. The van der Waals surface area contributed by atoms with Crippen LogP contribution in [0.4, 0.5) is 0 Å². The van der Waals surface area contributed by atoms with Gasteiger partial charge in [-0.3, -0.25) is 24.3 Å². The van der Waals surface area contributed by atoms with Crippen LogP contribution in [-0.4, -0.2) is 71.4 Å². The Morgan fingerprint density at radius 1 is 0.946 bits per heavy atom. The van der Waals surface area contributed by atoms with Gasteiger partial charge in [-0.15, -0.1) is 16.4 Å². The van der Waals surface area contributed by atoms with Gasteiger partial charge in [0.1, 0.15) is 12.7 Å². The number of thiophene rings is 1. The molecule has 1 saturated heterocycles. The van der Waals surface area contributed by atoms with Crippen LogP contribution in [-0.2, 0) is 49.3 Å². The number of esters is 4. The fourth-order valence-corrected chi connectivity index (χ4v) is 4.79. The number of ether oxygens (including phenoxy) is 6. The zero-order valence-electron chi connectivity index (χ0n) is 21.4. The lowest BCUT2D eigenvalue weighted by Gasteiger charge is -2.43. The van der Waals surface area contributed by atoms with Crippen molar-refractivity contribution in [1.29, 1.82) is 0 Å². The highest BCUT2D eigenvalue weighted by atomic mass is 32.1. The molecule has 0 radical (unpaired) electrons. The van der Waals surface area contributed by atoms with Crippen molar-refractivity contribution in [2.75, 3.05) is 6.61 Å². The first kappa shape index (κ1) is 28.1. The maximum atomic E-state index is 12.0. The summed E-state index contributed by atoms with van der Waals surface area (Å²) >= 11 is 1.59. The summed E-state index contributed by atoms with van der Waals surface area (Å²) in [4.78, 5) is 48.5. The zero-order valence-corrected chi connectivity index (χ0v) is 22.2. The average molecular weight is 539 g/mol. The van der Waals surface area contributed by atoms with Crippen LogP contribution in [0.15, 0.2) is 11.4 Å². The van der Waals surface area contributed by atoms with Crippen LogP contribution in [0.25, 0.3) is 0 Å². The summed E-state index contributed by atoms with van der Waals surface area (Å²) in [5.41, 5.74) is 2.62. The van der Waals surface area contributed by atoms with Gasteiger partial charge in [-0.05, 0) is 30.9 Å². The molecule has 1 N–H and O–H groups in total. The Balaban J connectivity index is 1.99. The minimum absolute atomic E-state index is 0.186. The largest absolute Gasteiger partial charge is 0.463 e. The quantitative estimate of drug-likeness (QED) is 0.369. The molecule has 3 rings (SSSR count). The van der Waals surface area contributed by atoms with Gasteiger partial charge in [-0.1, -0.05) is 0 Å². The predicted octanol–water partition coefficient (Wildman–Crippen LogP) is 2.14. The number of aromatic nitrogens is 2. The van der Waals surface area contributed by atoms with Gasteiger partial charge >= 0.3 is 23.9 Å². The van der Waals surface area contributed by atoms with E-state index in [4.69, 9.17) is 28.4 Å². The van der Waals surface area contributed by atoms with Crippen molar-refractivity contribution >= 4 is 35.2 Å². The first-order chi connectivity index (χ1) is 17.5. The third-order valence-electron chi connectivity index (χ3n) is 5.52. The highest BCUT2D eigenvalue weighted by Gasteiger charge is 2.53. The number of carbonyl (C=O) groups excluding carboxylic acids is 4. The molecule has 202 valence electrons. The van der Waals surface area contributed by atoms with Crippen LogP contribution in [0.2, 0.25) is 0 Å². The monoisotopic (exact) mass is 538 g/mol. The summed E-state index contributed by atoms with van der Waals surface area (Å²) in [7, 11) is 0. The Kier molecular flexibility index (Phi) is 9.27. The fourth-order valence-electron chi connectivity index (χ4n) is 3.88. The lowest BCUT2D eigenvalue weighted by Crippen LogP contribution is -2.63. The molecule has 0 saturated carbocycles. The van der Waals surface area contributed by atoms with Gasteiger partial charge in [0, 0.05) is 50.3 Å². The van der Waals surface area contributed by atoms with Gasteiger partial charge in [-0.25, -0.2) is 0 Å². The van der Waals surface area contributed by atoms with E-state index in [0.29, 0.717) is 6.42 Å². The Morgan fingerprint density at radius 3 is 2.14 bits per heavy atom. The summed E-state index contributed by atoms with van der Waals surface area (Å²) in [5, 5.41) is 9.12. The molecule has 0 aliphatic carbocycles. The van der Waals surface area contributed by atoms with E-state index < -0.39 is 54.6 Å².